The molecule has 2 heterocycles. The van der Waals surface area contributed by atoms with Crippen molar-refractivity contribution in [3.05, 3.63) is 76.5 Å². The van der Waals surface area contributed by atoms with Crippen molar-refractivity contribution in [1.29, 1.82) is 0 Å². The van der Waals surface area contributed by atoms with E-state index < -0.39 is 0 Å². The van der Waals surface area contributed by atoms with Gasteiger partial charge in [0.05, 0.1) is 11.0 Å². The van der Waals surface area contributed by atoms with E-state index in [4.69, 9.17) is 28.9 Å². The van der Waals surface area contributed by atoms with Gasteiger partial charge in [0.25, 0.3) is 0 Å². The second kappa shape index (κ2) is 8.95. The zero-order valence-corrected chi connectivity index (χ0v) is 17.4. The number of pyridine rings is 2. The standard InChI is InChI=1S/C23H22Cl2N4/c24-15-4-6-18-17(8-11-28-22(18)13-15)20(26)3-1-2-10-27-21-9-12-29-23-14-16(25)5-7-19(21)23/h4-9,11-14,20H,1-3,10,26H2,(H,27,29). The smallest absolute Gasteiger partial charge is 0.0737 e. The van der Waals surface area contributed by atoms with Gasteiger partial charge in [-0.1, -0.05) is 29.3 Å². The number of nitrogens with one attached hydrogen (secondary N) is 1. The van der Waals surface area contributed by atoms with Crippen molar-refractivity contribution in [2.24, 2.45) is 5.73 Å². The molecule has 0 aliphatic carbocycles. The fraction of sp³-hybridized carbons (Fsp3) is 0.217. The Hall–Kier alpha value is -2.40. The van der Waals surface area contributed by atoms with Gasteiger partial charge in [0.1, 0.15) is 0 Å². The molecule has 4 nitrogen and oxygen atoms in total. The van der Waals surface area contributed by atoms with Gasteiger partial charge in [0.15, 0.2) is 0 Å². The quantitative estimate of drug-likeness (QED) is 0.338. The number of unbranched alkanes of at least 4 members (excludes halogenated alkanes) is 1. The highest BCUT2D eigenvalue weighted by atomic mass is 35.5. The molecule has 148 valence electrons. The van der Waals surface area contributed by atoms with Gasteiger partial charge >= 0.3 is 0 Å². The highest BCUT2D eigenvalue weighted by Gasteiger charge is 2.11. The molecule has 0 bridgehead atoms. The number of hydrogen-bond donors (Lipinski definition) is 2. The molecule has 1 unspecified atom stereocenters. The lowest BCUT2D eigenvalue weighted by molar-refractivity contribution is 0.599. The maximum atomic E-state index is 6.48. The second-order valence-corrected chi connectivity index (χ2v) is 7.98. The number of fused-ring (bicyclic) bond motifs is 2. The third-order valence-electron chi connectivity index (χ3n) is 5.10. The first kappa shape index (κ1) is 19.9. The molecule has 29 heavy (non-hydrogen) atoms. The average Bonchev–Trinajstić information content (AvgIpc) is 2.72. The lowest BCUT2D eigenvalue weighted by atomic mass is 9.98. The zero-order chi connectivity index (χ0) is 20.2. The predicted molar refractivity (Wildman–Crippen MR) is 123 cm³/mol. The van der Waals surface area contributed by atoms with Crippen LogP contribution in [-0.2, 0) is 0 Å². The van der Waals surface area contributed by atoms with E-state index in [1.807, 2.05) is 48.5 Å². The third kappa shape index (κ3) is 4.61. The first-order chi connectivity index (χ1) is 14.1. The number of anilines is 1. The minimum Gasteiger partial charge on any atom is -0.384 e. The molecule has 3 N–H and O–H groups in total. The Balaban J connectivity index is 1.33. The number of hydrogen-bond acceptors (Lipinski definition) is 4. The van der Waals surface area contributed by atoms with E-state index in [1.165, 1.54) is 0 Å². The van der Waals surface area contributed by atoms with Crippen LogP contribution >= 0.6 is 23.2 Å². The van der Waals surface area contributed by atoms with Crippen LogP contribution in [0.15, 0.2) is 60.9 Å². The van der Waals surface area contributed by atoms with Crippen LogP contribution < -0.4 is 11.1 Å². The van der Waals surface area contributed by atoms with Crippen molar-refractivity contribution in [1.82, 2.24) is 9.97 Å². The number of halogens is 2. The molecule has 0 fully saturated rings. The Morgan fingerprint density at radius 2 is 1.48 bits per heavy atom. The number of benzene rings is 2. The lowest BCUT2D eigenvalue weighted by Gasteiger charge is -2.15. The molecule has 0 saturated heterocycles. The van der Waals surface area contributed by atoms with Crippen LogP contribution in [0.5, 0.6) is 0 Å². The van der Waals surface area contributed by atoms with Crippen molar-refractivity contribution >= 4 is 50.7 Å². The summed E-state index contributed by atoms with van der Waals surface area (Å²) in [6.07, 6.45) is 6.57. The summed E-state index contributed by atoms with van der Waals surface area (Å²) in [5.74, 6) is 0. The van der Waals surface area contributed by atoms with Gasteiger partial charge < -0.3 is 11.1 Å². The average molecular weight is 425 g/mol. The molecule has 0 spiro atoms. The Bertz CT molecular complexity index is 1150. The number of aromatic nitrogens is 2. The van der Waals surface area contributed by atoms with E-state index in [1.54, 1.807) is 12.4 Å². The van der Waals surface area contributed by atoms with Crippen molar-refractivity contribution in [2.45, 2.75) is 25.3 Å². The molecule has 0 aliphatic rings. The molecule has 0 aliphatic heterocycles. The molecule has 0 amide bonds. The van der Waals surface area contributed by atoms with Gasteiger partial charge in [-0.15, -0.1) is 0 Å². The van der Waals surface area contributed by atoms with Crippen molar-refractivity contribution < 1.29 is 0 Å². The monoisotopic (exact) mass is 424 g/mol. The van der Waals surface area contributed by atoms with E-state index in [0.717, 1.165) is 58.9 Å². The molecular formula is C23H22Cl2N4. The molecule has 2 aromatic carbocycles. The van der Waals surface area contributed by atoms with E-state index in [2.05, 4.69) is 15.3 Å². The van der Waals surface area contributed by atoms with Crippen molar-refractivity contribution in [3.8, 4) is 0 Å². The molecular weight excluding hydrogens is 403 g/mol. The minimum atomic E-state index is -0.0226. The maximum absolute atomic E-state index is 6.48. The van der Waals surface area contributed by atoms with E-state index in [-0.39, 0.29) is 6.04 Å². The maximum Gasteiger partial charge on any atom is 0.0737 e. The summed E-state index contributed by atoms with van der Waals surface area (Å²) in [5.41, 5.74) is 10.5. The molecule has 0 radical (unpaired) electrons. The highest BCUT2D eigenvalue weighted by molar-refractivity contribution is 6.31. The normalized spacial score (nSPS) is 12.4. The van der Waals surface area contributed by atoms with E-state index in [9.17, 15) is 0 Å². The first-order valence-electron chi connectivity index (χ1n) is 9.70. The van der Waals surface area contributed by atoms with Gasteiger partial charge in [-0.25, -0.2) is 0 Å². The largest absolute Gasteiger partial charge is 0.384 e. The summed E-state index contributed by atoms with van der Waals surface area (Å²) in [5, 5.41) is 7.04. The summed E-state index contributed by atoms with van der Waals surface area (Å²) in [6, 6.07) is 15.5. The second-order valence-electron chi connectivity index (χ2n) is 7.11. The number of nitrogens with two attached hydrogens (primary N) is 1. The Morgan fingerprint density at radius 1 is 0.828 bits per heavy atom. The fourth-order valence-corrected chi connectivity index (χ4v) is 3.94. The molecule has 1 atom stereocenters. The zero-order valence-electron chi connectivity index (χ0n) is 15.9. The fourth-order valence-electron chi connectivity index (χ4n) is 3.61. The number of rotatable bonds is 7. The molecule has 2 aromatic heterocycles. The summed E-state index contributed by atoms with van der Waals surface area (Å²) >= 11 is 12.1. The predicted octanol–water partition coefficient (Wildman–Crippen LogP) is 6.37. The van der Waals surface area contributed by atoms with Gasteiger partial charge in [0, 0.05) is 51.5 Å². The van der Waals surface area contributed by atoms with Crippen LogP contribution in [0.25, 0.3) is 21.8 Å². The summed E-state index contributed by atoms with van der Waals surface area (Å²) in [7, 11) is 0. The van der Waals surface area contributed by atoms with E-state index >= 15 is 0 Å². The van der Waals surface area contributed by atoms with E-state index in [0.29, 0.717) is 10.0 Å². The Labute approximate surface area is 180 Å². The van der Waals surface area contributed by atoms with Crippen LogP contribution in [0, 0.1) is 0 Å². The lowest BCUT2D eigenvalue weighted by Crippen LogP contribution is -2.12. The Morgan fingerprint density at radius 3 is 2.24 bits per heavy atom. The highest BCUT2D eigenvalue weighted by Crippen LogP contribution is 2.27. The number of nitrogens with zero attached hydrogens (tertiary/aromatic N) is 2. The van der Waals surface area contributed by atoms with Crippen LogP contribution in [0.1, 0.15) is 30.9 Å². The van der Waals surface area contributed by atoms with Crippen LogP contribution in [-0.4, -0.2) is 16.5 Å². The van der Waals surface area contributed by atoms with Gasteiger partial charge in [-0.3, -0.25) is 9.97 Å². The molecule has 0 saturated carbocycles. The van der Waals surface area contributed by atoms with Crippen molar-refractivity contribution in [2.75, 3.05) is 11.9 Å². The molecule has 4 aromatic rings. The topological polar surface area (TPSA) is 63.8 Å². The summed E-state index contributed by atoms with van der Waals surface area (Å²) in [4.78, 5) is 8.78. The minimum absolute atomic E-state index is 0.0226. The third-order valence-corrected chi connectivity index (χ3v) is 5.57. The van der Waals surface area contributed by atoms with Gasteiger partial charge in [-0.05, 0) is 67.3 Å². The summed E-state index contributed by atoms with van der Waals surface area (Å²) in [6.45, 7) is 0.876. The van der Waals surface area contributed by atoms with Crippen LogP contribution in [0.4, 0.5) is 5.69 Å². The van der Waals surface area contributed by atoms with Crippen LogP contribution in [0.2, 0.25) is 10.0 Å². The Kier molecular flexibility index (Phi) is 6.14. The van der Waals surface area contributed by atoms with Crippen LogP contribution in [0.3, 0.4) is 0 Å². The first-order valence-corrected chi connectivity index (χ1v) is 10.5. The molecule has 4 rings (SSSR count). The van der Waals surface area contributed by atoms with Gasteiger partial charge in [0.2, 0.25) is 0 Å². The SMILES string of the molecule is NC(CCCCNc1ccnc2cc(Cl)ccc12)c1ccnc2cc(Cl)ccc12. The van der Waals surface area contributed by atoms with Crippen molar-refractivity contribution in [3.63, 3.8) is 0 Å². The summed E-state index contributed by atoms with van der Waals surface area (Å²) < 4.78 is 0. The van der Waals surface area contributed by atoms with Gasteiger partial charge in [-0.2, -0.15) is 0 Å². The molecule has 6 heteroatoms.